The Labute approximate surface area is 127 Å². The average Bonchev–Trinajstić information content (AvgIpc) is 2.51. The summed E-state index contributed by atoms with van der Waals surface area (Å²) in [6.45, 7) is 7.06. The molecule has 2 rings (SSSR count). The Morgan fingerprint density at radius 3 is 2.57 bits per heavy atom. The second-order valence-electron chi connectivity index (χ2n) is 5.74. The first-order valence-electron chi connectivity index (χ1n) is 8.08. The van der Waals surface area contributed by atoms with Crippen molar-refractivity contribution < 1.29 is 14.4 Å². The Morgan fingerprint density at radius 1 is 1.19 bits per heavy atom. The Morgan fingerprint density at radius 2 is 1.90 bits per heavy atom. The lowest BCUT2D eigenvalue weighted by Gasteiger charge is -2.23. The standard InChI is InChI=1S/C17H26N2O2/c1-2-3-4-5-17(20)18-16-8-6-15(7-9-16)14-19-10-12-21-13-11-19/h6-9H,2-5,10-14H2,1H3,(H,18,20)/p+1. The second kappa shape index (κ2) is 8.80. The van der Waals surface area contributed by atoms with E-state index in [0.29, 0.717) is 6.42 Å². The second-order valence-corrected chi connectivity index (χ2v) is 5.74. The predicted molar refractivity (Wildman–Crippen MR) is 84.4 cm³/mol. The van der Waals surface area contributed by atoms with Gasteiger partial charge < -0.3 is 15.0 Å². The Hall–Kier alpha value is -1.39. The van der Waals surface area contributed by atoms with E-state index >= 15 is 0 Å². The molecule has 0 unspecified atom stereocenters. The van der Waals surface area contributed by atoms with Gasteiger partial charge in [0.25, 0.3) is 0 Å². The number of hydrogen-bond donors (Lipinski definition) is 2. The molecule has 2 N–H and O–H groups in total. The van der Waals surface area contributed by atoms with Crippen LogP contribution in [0, 0.1) is 0 Å². The van der Waals surface area contributed by atoms with E-state index in [4.69, 9.17) is 4.74 Å². The molecular weight excluding hydrogens is 264 g/mol. The molecule has 116 valence electrons. The van der Waals surface area contributed by atoms with Gasteiger partial charge in [0, 0.05) is 17.7 Å². The van der Waals surface area contributed by atoms with Crippen molar-refractivity contribution in [3.8, 4) is 0 Å². The van der Waals surface area contributed by atoms with Crippen LogP contribution in [-0.4, -0.2) is 32.2 Å². The highest BCUT2D eigenvalue weighted by molar-refractivity contribution is 5.90. The van der Waals surface area contributed by atoms with Crippen molar-refractivity contribution in [1.29, 1.82) is 0 Å². The quantitative estimate of drug-likeness (QED) is 0.750. The molecule has 1 amide bonds. The minimum Gasteiger partial charge on any atom is -0.370 e. The molecule has 0 spiro atoms. The van der Waals surface area contributed by atoms with E-state index < -0.39 is 0 Å². The molecule has 1 aliphatic rings. The van der Waals surface area contributed by atoms with E-state index in [-0.39, 0.29) is 5.91 Å². The van der Waals surface area contributed by atoms with E-state index in [2.05, 4.69) is 24.4 Å². The summed E-state index contributed by atoms with van der Waals surface area (Å²) in [4.78, 5) is 13.3. The molecule has 0 aliphatic carbocycles. The zero-order valence-electron chi connectivity index (χ0n) is 13.0. The van der Waals surface area contributed by atoms with Crippen LogP contribution in [0.4, 0.5) is 5.69 Å². The molecule has 0 radical (unpaired) electrons. The van der Waals surface area contributed by atoms with Crippen LogP contribution in [0.5, 0.6) is 0 Å². The maximum Gasteiger partial charge on any atom is 0.224 e. The fourth-order valence-corrected chi connectivity index (χ4v) is 2.59. The van der Waals surface area contributed by atoms with Crippen LogP contribution in [0.1, 0.15) is 38.2 Å². The first kappa shape index (κ1) is 16.0. The SMILES string of the molecule is CCCCCC(=O)Nc1ccc(C[NH+]2CCOCC2)cc1. The molecule has 1 saturated heterocycles. The maximum atomic E-state index is 11.8. The van der Waals surface area contributed by atoms with Crippen LogP contribution in [0.15, 0.2) is 24.3 Å². The number of rotatable bonds is 7. The molecule has 0 bridgehead atoms. The van der Waals surface area contributed by atoms with E-state index in [0.717, 1.165) is 57.8 Å². The molecule has 21 heavy (non-hydrogen) atoms. The van der Waals surface area contributed by atoms with Gasteiger partial charge in [-0.1, -0.05) is 31.9 Å². The van der Waals surface area contributed by atoms with Crippen LogP contribution >= 0.6 is 0 Å². The van der Waals surface area contributed by atoms with Gasteiger partial charge in [-0.2, -0.15) is 0 Å². The number of amides is 1. The van der Waals surface area contributed by atoms with E-state index in [1.54, 1.807) is 4.90 Å². The molecule has 0 aromatic heterocycles. The Bertz CT molecular complexity index is 425. The summed E-state index contributed by atoms with van der Waals surface area (Å²) in [5, 5.41) is 2.97. The van der Waals surface area contributed by atoms with Crippen molar-refractivity contribution in [3.05, 3.63) is 29.8 Å². The van der Waals surface area contributed by atoms with Crippen molar-refractivity contribution in [2.75, 3.05) is 31.6 Å². The zero-order valence-corrected chi connectivity index (χ0v) is 13.0. The van der Waals surface area contributed by atoms with E-state index in [1.165, 1.54) is 5.56 Å². The third-order valence-corrected chi connectivity index (χ3v) is 3.90. The summed E-state index contributed by atoms with van der Waals surface area (Å²) >= 11 is 0. The smallest absolute Gasteiger partial charge is 0.224 e. The predicted octanol–water partition coefficient (Wildman–Crippen LogP) is 1.62. The van der Waals surface area contributed by atoms with Crippen LogP contribution in [0.2, 0.25) is 0 Å². The highest BCUT2D eigenvalue weighted by Crippen LogP contribution is 2.10. The topological polar surface area (TPSA) is 42.8 Å². The van der Waals surface area contributed by atoms with Crippen LogP contribution in [0.25, 0.3) is 0 Å². The molecule has 1 heterocycles. The van der Waals surface area contributed by atoms with Crippen LogP contribution < -0.4 is 10.2 Å². The third kappa shape index (κ3) is 5.86. The van der Waals surface area contributed by atoms with Gasteiger partial charge in [-0.15, -0.1) is 0 Å². The summed E-state index contributed by atoms with van der Waals surface area (Å²) in [6.07, 6.45) is 3.86. The van der Waals surface area contributed by atoms with Gasteiger partial charge in [-0.05, 0) is 18.6 Å². The van der Waals surface area contributed by atoms with Gasteiger partial charge in [0.15, 0.2) is 0 Å². The van der Waals surface area contributed by atoms with Crippen LogP contribution in [-0.2, 0) is 16.1 Å². The normalized spacial score (nSPS) is 15.9. The number of morpholine rings is 1. The number of hydrogen-bond acceptors (Lipinski definition) is 2. The summed E-state index contributed by atoms with van der Waals surface area (Å²) in [5.41, 5.74) is 2.22. The number of carbonyl (C=O) groups is 1. The molecular formula is C17H27N2O2+. The van der Waals surface area contributed by atoms with Gasteiger partial charge >= 0.3 is 0 Å². The number of carbonyl (C=O) groups excluding carboxylic acids is 1. The maximum absolute atomic E-state index is 11.8. The lowest BCUT2D eigenvalue weighted by Crippen LogP contribution is -3.12. The molecule has 1 aliphatic heterocycles. The monoisotopic (exact) mass is 291 g/mol. The van der Waals surface area contributed by atoms with Crippen molar-refractivity contribution >= 4 is 11.6 Å². The third-order valence-electron chi connectivity index (χ3n) is 3.90. The summed E-state index contributed by atoms with van der Waals surface area (Å²) in [6, 6.07) is 8.24. The molecule has 0 atom stereocenters. The lowest BCUT2D eigenvalue weighted by molar-refractivity contribution is -0.921. The van der Waals surface area contributed by atoms with Crippen LogP contribution in [0.3, 0.4) is 0 Å². The van der Waals surface area contributed by atoms with Crippen molar-refractivity contribution in [3.63, 3.8) is 0 Å². The van der Waals surface area contributed by atoms with Crippen molar-refractivity contribution in [2.45, 2.75) is 39.2 Å². The first-order chi connectivity index (χ1) is 10.3. The summed E-state index contributed by atoms with van der Waals surface area (Å²) < 4.78 is 5.37. The number of benzene rings is 1. The fraction of sp³-hybridized carbons (Fsp3) is 0.588. The largest absolute Gasteiger partial charge is 0.370 e. The summed E-state index contributed by atoms with van der Waals surface area (Å²) in [7, 11) is 0. The van der Waals surface area contributed by atoms with Gasteiger partial charge in [-0.3, -0.25) is 4.79 Å². The molecule has 1 aromatic carbocycles. The van der Waals surface area contributed by atoms with Gasteiger partial charge in [0.05, 0.1) is 13.2 Å². The fourth-order valence-electron chi connectivity index (χ4n) is 2.59. The molecule has 1 aromatic rings. The average molecular weight is 291 g/mol. The van der Waals surface area contributed by atoms with Crippen molar-refractivity contribution in [2.24, 2.45) is 0 Å². The Balaban J connectivity index is 1.77. The minimum absolute atomic E-state index is 0.120. The van der Waals surface area contributed by atoms with E-state index in [1.807, 2.05) is 12.1 Å². The molecule has 4 nitrogen and oxygen atoms in total. The number of ether oxygens (including phenoxy) is 1. The molecule has 4 heteroatoms. The number of unbranched alkanes of at least 4 members (excludes halogenated alkanes) is 2. The number of quaternary nitrogens is 1. The highest BCUT2D eigenvalue weighted by Gasteiger charge is 2.13. The molecule has 1 fully saturated rings. The van der Waals surface area contributed by atoms with E-state index in [9.17, 15) is 4.79 Å². The highest BCUT2D eigenvalue weighted by atomic mass is 16.5. The summed E-state index contributed by atoms with van der Waals surface area (Å²) in [5.74, 6) is 0.120. The molecule has 0 saturated carbocycles. The first-order valence-corrected chi connectivity index (χ1v) is 8.08. The van der Waals surface area contributed by atoms with Gasteiger partial charge in [0.1, 0.15) is 19.6 Å². The van der Waals surface area contributed by atoms with Gasteiger partial charge in [0.2, 0.25) is 5.91 Å². The number of nitrogens with one attached hydrogen (secondary N) is 2. The zero-order chi connectivity index (χ0) is 14.9. The van der Waals surface area contributed by atoms with Gasteiger partial charge in [-0.25, -0.2) is 0 Å². The number of anilines is 1. The Kier molecular flexibility index (Phi) is 6.70. The lowest BCUT2D eigenvalue weighted by atomic mass is 10.1. The minimum atomic E-state index is 0.120. The van der Waals surface area contributed by atoms with Crippen molar-refractivity contribution in [1.82, 2.24) is 0 Å².